The number of carbonyl (C=O) groups excluding carboxylic acids is 1. The van der Waals surface area contributed by atoms with Gasteiger partial charge in [-0.25, -0.2) is 0 Å². The van der Waals surface area contributed by atoms with E-state index >= 15 is 0 Å². The van der Waals surface area contributed by atoms with Gasteiger partial charge in [0.05, 0.1) is 24.9 Å². The van der Waals surface area contributed by atoms with Crippen molar-refractivity contribution in [1.82, 2.24) is 0 Å². The first-order valence-electron chi connectivity index (χ1n) is 10.9. The van der Waals surface area contributed by atoms with E-state index in [0.717, 1.165) is 12.1 Å². The monoisotopic (exact) mass is 472 g/mol. The van der Waals surface area contributed by atoms with Crippen molar-refractivity contribution < 1.29 is 42.8 Å². The molecule has 1 aromatic carbocycles. The van der Waals surface area contributed by atoms with Crippen LogP contribution in [0.25, 0.3) is 0 Å². The molecule has 1 aliphatic rings. The number of ether oxygens (including phenoxy) is 2. The van der Waals surface area contributed by atoms with Gasteiger partial charge in [-0.15, -0.1) is 0 Å². The number of unbranched alkanes of at least 4 members (excludes halogenated alkanes) is 1. The average Bonchev–Trinajstić information content (AvgIpc) is 3.04. The molecule has 1 aliphatic carbocycles. The van der Waals surface area contributed by atoms with Crippen LogP contribution >= 0.6 is 0 Å². The molecule has 0 radical (unpaired) electrons. The van der Waals surface area contributed by atoms with Crippen molar-refractivity contribution in [1.29, 1.82) is 0 Å². The van der Waals surface area contributed by atoms with Gasteiger partial charge in [-0.1, -0.05) is 30.4 Å². The molecular formula is C24H31F3O6. The Morgan fingerprint density at radius 1 is 1.24 bits per heavy atom. The Morgan fingerprint density at radius 3 is 2.70 bits per heavy atom. The fourth-order valence-electron chi connectivity index (χ4n) is 3.80. The van der Waals surface area contributed by atoms with E-state index in [1.165, 1.54) is 25.3 Å². The molecule has 1 aromatic rings. The molecule has 1 saturated carbocycles. The standard InChI is InChI=1S/C24H31F3O6/c1-32-23(31)10-5-3-2-4-9-19-20(22(30)14-21(19)29)12-11-17(28)15-33-18-8-6-7-16(13-18)24(25,26)27/h2,4,6-8,11-13,17,19-22,28-30H,3,5,9-10,14-15H2,1H3/b4-2-,12-11+/t17-,19-,20?,21+,22-/m1/s1. The lowest BCUT2D eigenvalue weighted by Gasteiger charge is -2.19. The molecule has 5 atom stereocenters. The van der Waals surface area contributed by atoms with Crippen molar-refractivity contribution in [2.75, 3.05) is 13.7 Å². The molecular weight excluding hydrogens is 441 g/mol. The molecule has 0 saturated heterocycles. The van der Waals surface area contributed by atoms with Crippen LogP contribution in [-0.4, -0.2) is 53.3 Å². The molecule has 0 bridgehead atoms. The summed E-state index contributed by atoms with van der Waals surface area (Å²) in [5, 5.41) is 30.7. The molecule has 0 aromatic heterocycles. The topological polar surface area (TPSA) is 96.2 Å². The third-order valence-corrected chi connectivity index (χ3v) is 5.61. The summed E-state index contributed by atoms with van der Waals surface area (Å²) in [5.41, 5.74) is -0.839. The second-order valence-electron chi connectivity index (χ2n) is 8.08. The molecule has 0 heterocycles. The van der Waals surface area contributed by atoms with Gasteiger partial charge in [-0.3, -0.25) is 4.79 Å². The van der Waals surface area contributed by atoms with Crippen molar-refractivity contribution in [2.24, 2.45) is 11.8 Å². The molecule has 0 spiro atoms. The zero-order chi connectivity index (χ0) is 24.4. The largest absolute Gasteiger partial charge is 0.491 e. The zero-order valence-corrected chi connectivity index (χ0v) is 18.4. The van der Waals surface area contributed by atoms with E-state index in [1.807, 2.05) is 12.2 Å². The third-order valence-electron chi connectivity index (χ3n) is 5.61. The fraction of sp³-hybridized carbons (Fsp3) is 0.542. The summed E-state index contributed by atoms with van der Waals surface area (Å²) in [6, 6.07) is 4.39. The maximum atomic E-state index is 12.8. The molecule has 2 rings (SSSR count). The van der Waals surface area contributed by atoms with Crippen LogP contribution in [0.4, 0.5) is 13.2 Å². The van der Waals surface area contributed by atoms with E-state index in [4.69, 9.17) is 4.74 Å². The molecule has 184 valence electrons. The van der Waals surface area contributed by atoms with E-state index in [1.54, 1.807) is 6.08 Å². The highest BCUT2D eigenvalue weighted by Crippen LogP contribution is 2.36. The molecule has 1 unspecified atom stereocenters. The van der Waals surface area contributed by atoms with Crippen LogP contribution in [0, 0.1) is 11.8 Å². The van der Waals surface area contributed by atoms with Crippen molar-refractivity contribution in [2.45, 2.75) is 56.6 Å². The molecule has 0 aliphatic heterocycles. The highest BCUT2D eigenvalue weighted by Gasteiger charge is 2.39. The Balaban J connectivity index is 1.86. The van der Waals surface area contributed by atoms with Gasteiger partial charge in [-0.2, -0.15) is 13.2 Å². The summed E-state index contributed by atoms with van der Waals surface area (Å²) in [5.74, 6) is -0.907. The minimum absolute atomic E-state index is 0.0104. The number of hydrogen-bond acceptors (Lipinski definition) is 6. The lowest BCUT2D eigenvalue weighted by Crippen LogP contribution is -2.21. The Bertz CT molecular complexity index is 808. The highest BCUT2D eigenvalue weighted by molar-refractivity contribution is 5.69. The van der Waals surface area contributed by atoms with Gasteiger partial charge in [0.2, 0.25) is 0 Å². The summed E-state index contributed by atoms with van der Waals surface area (Å²) in [6.45, 7) is -0.256. The summed E-state index contributed by atoms with van der Waals surface area (Å²) in [6.07, 6.45) is 2.21. The summed E-state index contributed by atoms with van der Waals surface area (Å²) >= 11 is 0. The van der Waals surface area contributed by atoms with Crippen molar-refractivity contribution in [3.8, 4) is 5.75 Å². The van der Waals surface area contributed by atoms with Gasteiger partial charge in [-0.05, 0) is 43.4 Å². The minimum Gasteiger partial charge on any atom is -0.491 e. The van der Waals surface area contributed by atoms with E-state index in [0.29, 0.717) is 25.7 Å². The van der Waals surface area contributed by atoms with Gasteiger partial charge in [0, 0.05) is 18.8 Å². The van der Waals surface area contributed by atoms with E-state index < -0.39 is 30.1 Å². The van der Waals surface area contributed by atoms with Gasteiger partial charge in [0.15, 0.2) is 0 Å². The second kappa shape index (κ2) is 12.8. The first-order valence-corrected chi connectivity index (χ1v) is 10.9. The van der Waals surface area contributed by atoms with Gasteiger partial charge >= 0.3 is 12.1 Å². The lowest BCUT2D eigenvalue weighted by atomic mass is 9.89. The predicted octanol–water partition coefficient (Wildman–Crippen LogP) is 3.65. The van der Waals surface area contributed by atoms with E-state index in [2.05, 4.69) is 4.74 Å². The Kier molecular flexibility index (Phi) is 10.4. The number of alkyl halides is 3. The highest BCUT2D eigenvalue weighted by atomic mass is 19.4. The number of benzene rings is 1. The zero-order valence-electron chi connectivity index (χ0n) is 18.4. The maximum absolute atomic E-state index is 12.8. The van der Waals surface area contributed by atoms with Crippen LogP contribution in [-0.2, 0) is 15.7 Å². The maximum Gasteiger partial charge on any atom is 0.416 e. The normalized spacial score (nSPS) is 24.5. The smallest absolute Gasteiger partial charge is 0.416 e. The first-order chi connectivity index (χ1) is 15.6. The summed E-state index contributed by atoms with van der Waals surface area (Å²) in [4.78, 5) is 11.1. The van der Waals surface area contributed by atoms with Crippen LogP contribution in [0.2, 0.25) is 0 Å². The molecule has 33 heavy (non-hydrogen) atoms. The average molecular weight is 473 g/mol. The van der Waals surface area contributed by atoms with Crippen molar-refractivity contribution in [3.63, 3.8) is 0 Å². The van der Waals surface area contributed by atoms with Crippen LogP contribution in [0.5, 0.6) is 5.75 Å². The summed E-state index contributed by atoms with van der Waals surface area (Å²) < 4.78 is 48.2. The Morgan fingerprint density at radius 2 is 2.00 bits per heavy atom. The van der Waals surface area contributed by atoms with Gasteiger partial charge in [0.1, 0.15) is 18.5 Å². The van der Waals surface area contributed by atoms with E-state index in [-0.39, 0.29) is 36.6 Å². The SMILES string of the molecule is COC(=O)CCC/C=C\C[C@@H]1C(/C=C/[C@@H](O)COc2cccc(C(F)(F)F)c2)[C@H](O)C[C@@H]1O. The lowest BCUT2D eigenvalue weighted by molar-refractivity contribution is -0.140. The van der Waals surface area contributed by atoms with Crippen LogP contribution in [0.3, 0.4) is 0 Å². The number of aliphatic hydroxyl groups excluding tert-OH is 3. The number of rotatable bonds is 11. The third kappa shape index (κ3) is 8.83. The van der Waals surface area contributed by atoms with Gasteiger partial charge < -0.3 is 24.8 Å². The molecule has 3 N–H and O–H groups in total. The predicted molar refractivity (Wildman–Crippen MR) is 115 cm³/mol. The molecule has 6 nitrogen and oxygen atoms in total. The number of methoxy groups -OCH3 is 1. The minimum atomic E-state index is -4.48. The van der Waals surface area contributed by atoms with Crippen LogP contribution in [0.1, 0.15) is 37.7 Å². The van der Waals surface area contributed by atoms with Crippen LogP contribution < -0.4 is 4.74 Å². The Hall–Kier alpha value is -2.36. The number of aliphatic hydroxyl groups is 3. The molecule has 9 heteroatoms. The number of esters is 1. The number of carbonyl (C=O) groups is 1. The van der Waals surface area contributed by atoms with Gasteiger partial charge in [0.25, 0.3) is 0 Å². The fourth-order valence-corrected chi connectivity index (χ4v) is 3.80. The van der Waals surface area contributed by atoms with Crippen LogP contribution in [0.15, 0.2) is 48.6 Å². The second-order valence-corrected chi connectivity index (χ2v) is 8.08. The number of halogens is 3. The molecule has 0 amide bonds. The van der Waals surface area contributed by atoms with Crippen molar-refractivity contribution in [3.05, 3.63) is 54.1 Å². The van der Waals surface area contributed by atoms with Crippen molar-refractivity contribution >= 4 is 5.97 Å². The number of allylic oxidation sites excluding steroid dienone is 2. The number of hydrogen-bond donors (Lipinski definition) is 3. The van der Waals surface area contributed by atoms with E-state index in [9.17, 15) is 33.3 Å². The quantitative estimate of drug-likeness (QED) is 0.259. The first kappa shape index (κ1) is 26.9. The summed E-state index contributed by atoms with van der Waals surface area (Å²) in [7, 11) is 1.34. The molecule has 1 fully saturated rings. The Labute approximate surface area is 191 Å².